The van der Waals surface area contributed by atoms with Crippen LogP contribution in [0.5, 0.6) is 0 Å². The van der Waals surface area contributed by atoms with E-state index in [0.29, 0.717) is 11.6 Å². The Hall–Kier alpha value is -1.49. The van der Waals surface area contributed by atoms with E-state index < -0.39 is 5.97 Å². The number of hydrogen-bond acceptors (Lipinski definition) is 3. The number of aromatic carboxylic acids is 1. The normalized spacial score (nSPS) is 12.8. The summed E-state index contributed by atoms with van der Waals surface area (Å²) in [4.78, 5) is 15.8. The van der Waals surface area contributed by atoms with Crippen molar-refractivity contribution >= 4 is 28.8 Å². The van der Waals surface area contributed by atoms with Crippen molar-refractivity contribution in [2.24, 2.45) is 0 Å². The largest absolute Gasteiger partial charge is 0.478 e. The van der Waals surface area contributed by atoms with Gasteiger partial charge in [0.15, 0.2) is 0 Å². The van der Waals surface area contributed by atoms with Crippen molar-refractivity contribution < 1.29 is 9.90 Å². The van der Waals surface area contributed by atoms with Crippen LogP contribution < -0.4 is 0 Å². The second kappa shape index (κ2) is 6.31. The Morgan fingerprint density at radius 3 is 2.85 bits per heavy atom. The third-order valence-corrected chi connectivity index (χ3v) is 4.15. The molecule has 1 aromatic heterocycles. The van der Waals surface area contributed by atoms with Crippen molar-refractivity contribution in [1.29, 1.82) is 0 Å². The molecule has 0 spiro atoms. The minimum Gasteiger partial charge on any atom is -0.478 e. The van der Waals surface area contributed by atoms with Gasteiger partial charge in [0.25, 0.3) is 0 Å². The lowest BCUT2D eigenvalue weighted by Crippen LogP contribution is -2.10. The van der Waals surface area contributed by atoms with Crippen LogP contribution in [0.4, 0.5) is 0 Å². The van der Waals surface area contributed by atoms with Crippen LogP contribution in [0.3, 0.4) is 0 Å². The minimum atomic E-state index is -0.894. The third-order valence-electron chi connectivity index (χ3n) is 3.51. The number of imidazole rings is 1. The van der Waals surface area contributed by atoms with E-state index in [9.17, 15) is 4.79 Å². The van der Waals surface area contributed by atoms with E-state index in [4.69, 9.17) is 5.11 Å². The zero-order chi connectivity index (χ0) is 14.7. The first-order valence-electron chi connectivity index (χ1n) is 6.81. The molecule has 1 heterocycles. The average Bonchev–Trinajstić information content (AvgIpc) is 2.82. The molecule has 2 aromatic rings. The second-order valence-electron chi connectivity index (χ2n) is 4.89. The molecule has 0 fully saturated rings. The Kier molecular flexibility index (Phi) is 4.70. The van der Waals surface area contributed by atoms with Crippen LogP contribution in [-0.4, -0.2) is 32.6 Å². The predicted molar refractivity (Wildman–Crippen MR) is 83.8 cm³/mol. The second-order valence-corrected chi connectivity index (χ2v) is 5.88. The average molecular weight is 292 g/mol. The van der Waals surface area contributed by atoms with Crippen LogP contribution in [0.1, 0.15) is 42.5 Å². The summed E-state index contributed by atoms with van der Waals surface area (Å²) in [6, 6.07) is 5.48. The van der Waals surface area contributed by atoms with Gasteiger partial charge in [0.1, 0.15) is 5.82 Å². The standard InChI is InChI=1S/C15H20N2O2S/c1-4-14-16-12-6-5-11(15(18)19)9-13(12)17(14)10(2)7-8-20-3/h5-6,9-10H,4,7-8H2,1-3H3,(H,18,19). The SMILES string of the molecule is CCc1nc2ccc(C(=O)O)cc2n1C(C)CCSC. The molecule has 0 bridgehead atoms. The van der Waals surface area contributed by atoms with E-state index in [1.165, 1.54) is 0 Å². The molecule has 1 unspecified atom stereocenters. The highest BCUT2D eigenvalue weighted by atomic mass is 32.2. The van der Waals surface area contributed by atoms with Crippen molar-refractivity contribution in [3.05, 3.63) is 29.6 Å². The molecule has 1 N–H and O–H groups in total. The van der Waals surface area contributed by atoms with Crippen LogP contribution in [-0.2, 0) is 6.42 Å². The Morgan fingerprint density at radius 2 is 2.25 bits per heavy atom. The fraction of sp³-hybridized carbons (Fsp3) is 0.467. The van der Waals surface area contributed by atoms with E-state index in [-0.39, 0.29) is 0 Å². The first kappa shape index (κ1) is 14.9. The number of benzene rings is 1. The molecule has 0 aliphatic rings. The molecule has 1 atom stereocenters. The highest BCUT2D eigenvalue weighted by Gasteiger charge is 2.16. The lowest BCUT2D eigenvalue weighted by molar-refractivity contribution is 0.0697. The molecule has 20 heavy (non-hydrogen) atoms. The lowest BCUT2D eigenvalue weighted by atomic mass is 10.2. The van der Waals surface area contributed by atoms with Crippen molar-refractivity contribution in [2.75, 3.05) is 12.0 Å². The Labute approximate surface area is 123 Å². The number of carboxylic acids is 1. The summed E-state index contributed by atoms with van der Waals surface area (Å²) in [5.74, 6) is 1.22. The smallest absolute Gasteiger partial charge is 0.335 e. The Bertz CT molecular complexity index is 622. The molecule has 0 amide bonds. The van der Waals surface area contributed by atoms with E-state index in [1.807, 2.05) is 11.8 Å². The quantitative estimate of drug-likeness (QED) is 0.883. The Balaban J connectivity index is 2.53. The monoisotopic (exact) mass is 292 g/mol. The van der Waals surface area contributed by atoms with Gasteiger partial charge in [0.2, 0.25) is 0 Å². The van der Waals surface area contributed by atoms with Gasteiger partial charge in [-0.05, 0) is 43.6 Å². The lowest BCUT2D eigenvalue weighted by Gasteiger charge is -2.17. The fourth-order valence-electron chi connectivity index (χ4n) is 2.43. The maximum atomic E-state index is 11.1. The Morgan fingerprint density at radius 1 is 1.50 bits per heavy atom. The van der Waals surface area contributed by atoms with Crippen LogP contribution >= 0.6 is 11.8 Å². The molecule has 0 aliphatic carbocycles. The molecule has 0 aliphatic heterocycles. The van der Waals surface area contributed by atoms with Crippen molar-refractivity contribution in [2.45, 2.75) is 32.7 Å². The maximum absolute atomic E-state index is 11.1. The molecule has 0 saturated heterocycles. The van der Waals surface area contributed by atoms with Crippen LogP contribution in [0, 0.1) is 0 Å². The van der Waals surface area contributed by atoms with Crippen LogP contribution in [0.2, 0.25) is 0 Å². The summed E-state index contributed by atoms with van der Waals surface area (Å²) < 4.78 is 2.19. The number of carbonyl (C=O) groups is 1. The maximum Gasteiger partial charge on any atom is 0.335 e. The number of fused-ring (bicyclic) bond motifs is 1. The number of carboxylic acid groups (broad SMARTS) is 1. The fourth-order valence-corrected chi connectivity index (χ4v) is 3.01. The molecule has 0 saturated carbocycles. The number of nitrogens with zero attached hydrogens (tertiary/aromatic N) is 2. The summed E-state index contributed by atoms with van der Waals surface area (Å²) in [6.45, 7) is 4.25. The van der Waals surface area contributed by atoms with Gasteiger partial charge in [-0.25, -0.2) is 9.78 Å². The molecular formula is C15H20N2O2S. The van der Waals surface area contributed by atoms with Crippen molar-refractivity contribution in [3.8, 4) is 0 Å². The molecule has 2 rings (SSSR count). The van der Waals surface area contributed by atoms with Gasteiger partial charge in [0.05, 0.1) is 16.6 Å². The van der Waals surface area contributed by atoms with Crippen molar-refractivity contribution in [3.63, 3.8) is 0 Å². The van der Waals surface area contributed by atoms with Gasteiger partial charge in [-0.15, -0.1) is 0 Å². The van der Waals surface area contributed by atoms with Gasteiger partial charge in [-0.3, -0.25) is 0 Å². The molecule has 1 aromatic carbocycles. The topological polar surface area (TPSA) is 55.1 Å². The summed E-state index contributed by atoms with van der Waals surface area (Å²) >= 11 is 1.83. The first-order valence-corrected chi connectivity index (χ1v) is 8.21. The molecule has 4 nitrogen and oxygen atoms in total. The van der Waals surface area contributed by atoms with E-state index in [1.54, 1.807) is 18.2 Å². The van der Waals surface area contributed by atoms with E-state index in [2.05, 4.69) is 29.7 Å². The summed E-state index contributed by atoms with van der Waals surface area (Å²) in [6.07, 6.45) is 4.00. The van der Waals surface area contributed by atoms with E-state index >= 15 is 0 Å². The minimum absolute atomic E-state index is 0.318. The van der Waals surface area contributed by atoms with E-state index in [0.717, 1.165) is 35.5 Å². The summed E-state index contributed by atoms with van der Waals surface area (Å²) in [7, 11) is 0. The van der Waals surface area contributed by atoms with Gasteiger partial charge in [-0.1, -0.05) is 6.92 Å². The van der Waals surface area contributed by atoms with Gasteiger partial charge >= 0.3 is 5.97 Å². The van der Waals surface area contributed by atoms with Gasteiger partial charge in [0, 0.05) is 12.5 Å². The van der Waals surface area contributed by atoms with Gasteiger partial charge in [-0.2, -0.15) is 11.8 Å². The number of thioether (sulfide) groups is 1. The number of aromatic nitrogens is 2. The highest BCUT2D eigenvalue weighted by Crippen LogP contribution is 2.25. The first-order chi connectivity index (χ1) is 9.58. The zero-order valence-corrected chi connectivity index (χ0v) is 12.9. The van der Waals surface area contributed by atoms with Crippen LogP contribution in [0.25, 0.3) is 11.0 Å². The number of hydrogen-bond donors (Lipinski definition) is 1. The van der Waals surface area contributed by atoms with Gasteiger partial charge < -0.3 is 9.67 Å². The van der Waals surface area contributed by atoms with Crippen molar-refractivity contribution in [1.82, 2.24) is 9.55 Å². The number of aryl methyl sites for hydroxylation is 1. The molecule has 5 heteroatoms. The third kappa shape index (κ3) is 2.82. The molecular weight excluding hydrogens is 272 g/mol. The zero-order valence-electron chi connectivity index (χ0n) is 12.1. The number of rotatable bonds is 6. The summed E-state index contributed by atoms with van der Waals surface area (Å²) in [5.41, 5.74) is 2.12. The predicted octanol–water partition coefficient (Wildman–Crippen LogP) is 3.61. The molecule has 108 valence electrons. The summed E-state index contributed by atoms with van der Waals surface area (Å²) in [5, 5.41) is 9.15. The molecule has 0 radical (unpaired) electrons. The highest BCUT2D eigenvalue weighted by molar-refractivity contribution is 7.98. The van der Waals surface area contributed by atoms with Crippen LogP contribution in [0.15, 0.2) is 18.2 Å².